The number of amides is 1. The third-order valence-corrected chi connectivity index (χ3v) is 2.42. The molecule has 0 aliphatic rings. The summed E-state index contributed by atoms with van der Waals surface area (Å²) >= 11 is 0. The zero-order valence-electron chi connectivity index (χ0n) is 9.72. The second kappa shape index (κ2) is 4.74. The van der Waals surface area contributed by atoms with Crippen molar-refractivity contribution in [2.24, 2.45) is 5.73 Å². The van der Waals surface area contributed by atoms with Crippen LogP contribution in [0.2, 0.25) is 0 Å². The fourth-order valence-electron chi connectivity index (χ4n) is 1.50. The van der Waals surface area contributed by atoms with E-state index < -0.39 is 11.7 Å². The number of halogens is 1. The highest BCUT2D eigenvalue weighted by atomic mass is 19.1. The molecule has 0 atom stereocenters. The fourth-order valence-corrected chi connectivity index (χ4v) is 1.50. The molecule has 19 heavy (non-hydrogen) atoms. The zero-order valence-corrected chi connectivity index (χ0v) is 9.72. The van der Waals surface area contributed by atoms with E-state index in [4.69, 9.17) is 17.9 Å². The minimum Gasteiger partial charge on any atom is -0.396 e. The average molecular weight is 256 g/mol. The van der Waals surface area contributed by atoms with E-state index in [0.717, 1.165) is 0 Å². The van der Waals surface area contributed by atoms with E-state index >= 15 is 0 Å². The Morgan fingerprint density at radius 3 is 2.79 bits per heavy atom. The van der Waals surface area contributed by atoms with Crippen LogP contribution in [-0.4, -0.2) is 15.9 Å². The lowest BCUT2D eigenvalue weighted by atomic mass is 10.1. The molecule has 0 unspecified atom stereocenters. The Bertz CT molecular complexity index is 706. The topological polar surface area (TPSA) is 94.9 Å². The van der Waals surface area contributed by atoms with Crippen LogP contribution in [0.5, 0.6) is 0 Å². The van der Waals surface area contributed by atoms with Crippen LogP contribution in [0.15, 0.2) is 24.4 Å². The number of aromatic nitrogens is 2. The smallest absolute Gasteiger partial charge is 0.269 e. The van der Waals surface area contributed by atoms with Crippen molar-refractivity contribution in [2.75, 3.05) is 5.73 Å². The lowest BCUT2D eigenvalue weighted by Crippen LogP contribution is -2.16. The molecule has 0 bridgehead atoms. The van der Waals surface area contributed by atoms with Gasteiger partial charge < -0.3 is 11.5 Å². The van der Waals surface area contributed by atoms with Gasteiger partial charge in [0.05, 0.1) is 17.4 Å². The van der Waals surface area contributed by atoms with Crippen molar-refractivity contribution in [3.8, 4) is 23.7 Å². The Kier molecular flexibility index (Phi) is 3.12. The van der Waals surface area contributed by atoms with Crippen molar-refractivity contribution in [3.05, 3.63) is 41.5 Å². The number of nitrogens with zero attached hydrogens (tertiary/aromatic N) is 2. The van der Waals surface area contributed by atoms with Gasteiger partial charge in [-0.05, 0) is 18.2 Å². The SMILES string of the molecule is C#Cc1ccc(F)c(-c2ncc(N)c(C(N)=O)n2)c1. The van der Waals surface area contributed by atoms with Crippen molar-refractivity contribution >= 4 is 11.6 Å². The molecule has 94 valence electrons. The molecule has 2 aromatic rings. The quantitative estimate of drug-likeness (QED) is 0.782. The van der Waals surface area contributed by atoms with Crippen molar-refractivity contribution in [3.63, 3.8) is 0 Å². The Morgan fingerprint density at radius 2 is 2.16 bits per heavy atom. The first-order valence-electron chi connectivity index (χ1n) is 5.21. The number of carbonyl (C=O) groups is 1. The van der Waals surface area contributed by atoms with Crippen LogP contribution in [0.4, 0.5) is 10.1 Å². The Balaban J connectivity index is 2.63. The maximum absolute atomic E-state index is 13.7. The van der Waals surface area contributed by atoms with Crippen LogP contribution < -0.4 is 11.5 Å². The highest BCUT2D eigenvalue weighted by Crippen LogP contribution is 2.22. The van der Waals surface area contributed by atoms with E-state index in [0.29, 0.717) is 5.56 Å². The first-order chi connectivity index (χ1) is 9.02. The minimum absolute atomic E-state index is 0.00222. The van der Waals surface area contributed by atoms with Crippen LogP contribution in [0.25, 0.3) is 11.4 Å². The molecule has 4 N–H and O–H groups in total. The Morgan fingerprint density at radius 1 is 1.42 bits per heavy atom. The van der Waals surface area contributed by atoms with E-state index in [1.165, 1.54) is 24.4 Å². The number of rotatable bonds is 2. The van der Waals surface area contributed by atoms with Gasteiger partial charge in [0.2, 0.25) is 0 Å². The number of anilines is 1. The number of hydrogen-bond donors (Lipinski definition) is 2. The molecule has 0 saturated carbocycles. The van der Waals surface area contributed by atoms with Gasteiger partial charge >= 0.3 is 0 Å². The average Bonchev–Trinajstić information content (AvgIpc) is 2.40. The summed E-state index contributed by atoms with van der Waals surface area (Å²) in [6, 6.07) is 4.06. The van der Waals surface area contributed by atoms with Crippen molar-refractivity contribution in [2.45, 2.75) is 0 Å². The first-order valence-corrected chi connectivity index (χ1v) is 5.21. The zero-order chi connectivity index (χ0) is 14.0. The molecule has 5 nitrogen and oxygen atoms in total. The summed E-state index contributed by atoms with van der Waals surface area (Å²) in [6.45, 7) is 0. The number of benzene rings is 1. The van der Waals surface area contributed by atoms with Gasteiger partial charge in [0.1, 0.15) is 5.82 Å². The number of nitrogens with two attached hydrogens (primary N) is 2. The number of primary amides is 1. The summed E-state index contributed by atoms with van der Waals surface area (Å²) in [5.74, 6) is 1.01. The third kappa shape index (κ3) is 2.35. The van der Waals surface area contributed by atoms with Crippen LogP contribution in [0.1, 0.15) is 16.1 Å². The van der Waals surface area contributed by atoms with E-state index in [2.05, 4.69) is 15.9 Å². The summed E-state index contributed by atoms with van der Waals surface area (Å²) in [7, 11) is 0. The van der Waals surface area contributed by atoms with Crippen LogP contribution in [0, 0.1) is 18.2 Å². The molecule has 1 aromatic heterocycles. The van der Waals surface area contributed by atoms with Gasteiger partial charge in [0.15, 0.2) is 11.5 Å². The van der Waals surface area contributed by atoms with E-state index in [-0.39, 0.29) is 22.8 Å². The highest BCUT2D eigenvalue weighted by Gasteiger charge is 2.14. The Hall–Kier alpha value is -2.94. The molecule has 0 aliphatic carbocycles. The molecule has 0 saturated heterocycles. The van der Waals surface area contributed by atoms with Gasteiger partial charge in [0, 0.05) is 5.56 Å². The van der Waals surface area contributed by atoms with Gasteiger partial charge in [-0.25, -0.2) is 14.4 Å². The summed E-state index contributed by atoms with van der Waals surface area (Å²) in [6.07, 6.45) is 6.44. The maximum atomic E-state index is 13.7. The number of nitrogen functional groups attached to an aromatic ring is 1. The monoisotopic (exact) mass is 256 g/mol. The lowest BCUT2D eigenvalue weighted by Gasteiger charge is -2.05. The second-order valence-electron chi connectivity index (χ2n) is 3.70. The van der Waals surface area contributed by atoms with E-state index in [1.54, 1.807) is 0 Å². The van der Waals surface area contributed by atoms with Crippen LogP contribution in [0.3, 0.4) is 0 Å². The fraction of sp³-hybridized carbons (Fsp3) is 0. The van der Waals surface area contributed by atoms with Crippen molar-refractivity contribution < 1.29 is 9.18 Å². The van der Waals surface area contributed by atoms with Gasteiger partial charge in [0.25, 0.3) is 5.91 Å². The largest absolute Gasteiger partial charge is 0.396 e. The molecule has 1 amide bonds. The normalized spacial score (nSPS) is 9.89. The molecule has 0 aliphatic heterocycles. The van der Waals surface area contributed by atoms with Crippen LogP contribution >= 0.6 is 0 Å². The number of carbonyl (C=O) groups excluding carboxylic acids is 1. The molecular weight excluding hydrogens is 247 g/mol. The van der Waals surface area contributed by atoms with Gasteiger partial charge in [-0.1, -0.05) is 5.92 Å². The summed E-state index contributed by atoms with van der Waals surface area (Å²) < 4.78 is 13.7. The van der Waals surface area contributed by atoms with E-state index in [9.17, 15) is 9.18 Å². The second-order valence-corrected chi connectivity index (χ2v) is 3.70. The molecule has 2 rings (SSSR count). The van der Waals surface area contributed by atoms with E-state index in [1.807, 2.05) is 0 Å². The minimum atomic E-state index is -0.810. The van der Waals surface area contributed by atoms with Gasteiger partial charge in [-0.15, -0.1) is 6.42 Å². The molecule has 0 fully saturated rings. The van der Waals surface area contributed by atoms with Crippen LogP contribution in [-0.2, 0) is 0 Å². The van der Waals surface area contributed by atoms with Crippen molar-refractivity contribution in [1.29, 1.82) is 0 Å². The first kappa shape index (κ1) is 12.5. The molecule has 0 radical (unpaired) electrons. The molecule has 6 heteroatoms. The molecule has 1 aromatic carbocycles. The highest BCUT2D eigenvalue weighted by molar-refractivity contribution is 5.96. The van der Waals surface area contributed by atoms with Gasteiger partial charge in [-0.3, -0.25) is 4.79 Å². The molecule has 0 spiro atoms. The van der Waals surface area contributed by atoms with Gasteiger partial charge in [-0.2, -0.15) is 0 Å². The lowest BCUT2D eigenvalue weighted by molar-refractivity contribution is 0.0996. The predicted octanol–water partition coefficient (Wildman–Crippen LogP) is 0.945. The summed E-state index contributed by atoms with van der Waals surface area (Å²) in [5, 5.41) is 0. The number of hydrogen-bond acceptors (Lipinski definition) is 4. The Labute approximate surface area is 108 Å². The summed E-state index contributed by atoms with van der Waals surface area (Å²) in [5.41, 5.74) is 11.1. The molecular formula is C13H9FN4O. The summed E-state index contributed by atoms with van der Waals surface area (Å²) in [4.78, 5) is 18.9. The third-order valence-electron chi connectivity index (χ3n) is 2.42. The number of terminal acetylenes is 1. The standard InChI is InChI=1S/C13H9FN4O/c1-2-7-3-4-9(14)8(5-7)13-17-6-10(15)11(18-13)12(16)19/h1,3-6H,15H2,(H2,16,19). The molecule has 1 heterocycles. The predicted molar refractivity (Wildman–Crippen MR) is 68.3 cm³/mol. The maximum Gasteiger partial charge on any atom is 0.269 e. The van der Waals surface area contributed by atoms with Crippen molar-refractivity contribution in [1.82, 2.24) is 9.97 Å².